The number of hydrogen-bond acceptors (Lipinski definition) is 2. The first kappa shape index (κ1) is 10.5. The lowest BCUT2D eigenvalue weighted by Crippen LogP contribution is -2.15. The van der Waals surface area contributed by atoms with Crippen LogP contribution in [0.2, 0.25) is 5.02 Å². The third-order valence-electron chi connectivity index (χ3n) is 3.17. The molecule has 4 heteroatoms. The molecule has 0 radical (unpaired) electrons. The number of alkyl halides is 1. The highest BCUT2D eigenvalue weighted by Crippen LogP contribution is 2.51. The van der Waals surface area contributed by atoms with Crippen LogP contribution in [0.4, 0.5) is 0 Å². The van der Waals surface area contributed by atoms with E-state index in [4.69, 9.17) is 32.7 Å². The van der Waals surface area contributed by atoms with Gasteiger partial charge in [-0.1, -0.05) is 11.6 Å². The highest BCUT2D eigenvalue weighted by molar-refractivity contribution is 6.32. The van der Waals surface area contributed by atoms with Gasteiger partial charge in [-0.05, 0) is 36.0 Å². The molecule has 2 atom stereocenters. The molecule has 1 heterocycles. The van der Waals surface area contributed by atoms with Crippen molar-refractivity contribution >= 4 is 23.2 Å². The molecule has 1 saturated carbocycles. The summed E-state index contributed by atoms with van der Waals surface area (Å²) in [6.45, 7) is 1.16. The zero-order chi connectivity index (χ0) is 11.1. The fraction of sp³-hybridized carbons (Fsp3) is 0.500. The molecule has 0 N–H and O–H groups in total. The monoisotopic (exact) mass is 258 g/mol. The Hall–Kier alpha value is -0.600. The Morgan fingerprint density at radius 1 is 1.25 bits per heavy atom. The predicted molar refractivity (Wildman–Crippen MR) is 64.0 cm³/mol. The van der Waals surface area contributed by atoms with Crippen molar-refractivity contribution in [2.75, 3.05) is 19.1 Å². The average Bonchev–Trinajstić information content (AvgIpc) is 3.08. The molecule has 0 saturated heterocycles. The van der Waals surface area contributed by atoms with Crippen LogP contribution in [0.3, 0.4) is 0 Å². The Morgan fingerprint density at radius 3 is 2.81 bits per heavy atom. The quantitative estimate of drug-likeness (QED) is 0.757. The summed E-state index contributed by atoms with van der Waals surface area (Å²) in [5.41, 5.74) is 1.22. The molecular weight excluding hydrogens is 247 g/mol. The van der Waals surface area contributed by atoms with Gasteiger partial charge < -0.3 is 9.47 Å². The Bertz CT molecular complexity index is 420. The summed E-state index contributed by atoms with van der Waals surface area (Å²) in [6.07, 6.45) is 1.15. The Morgan fingerprint density at radius 2 is 2.06 bits per heavy atom. The predicted octanol–water partition coefficient (Wildman–Crippen LogP) is 3.45. The van der Waals surface area contributed by atoms with Gasteiger partial charge in [-0.2, -0.15) is 0 Å². The second-order valence-electron chi connectivity index (χ2n) is 4.28. The van der Waals surface area contributed by atoms with Crippen molar-refractivity contribution in [3.63, 3.8) is 0 Å². The molecule has 1 aromatic carbocycles. The summed E-state index contributed by atoms with van der Waals surface area (Å²) in [7, 11) is 0. The summed E-state index contributed by atoms with van der Waals surface area (Å²) in [5.74, 6) is 3.32. The standard InChI is InChI=1S/C12H12Cl2O2/c13-6-8-3-9(8)7-4-10(14)12-11(5-7)15-1-2-16-12/h4-5,8-9H,1-3,6H2. The van der Waals surface area contributed by atoms with Crippen LogP contribution < -0.4 is 9.47 Å². The van der Waals surface area contributed by atoms with Crippen LogP contribution in [0.25, 0.3) is 0 Å². The maximum atomic E-state index is 6.17. The van der Waals surface area contributed by atoms with Crippen LogP contribution in [0.15, 0.2) is 12.1 Å². The molecular formula is C12H12Cl2O2. The molecule has 86 valence electrons. The van der Waals surface area contributed by atoms with Gasteiger partial charge in [0.15, 0.2) is 11.5 Å². The summed E-state index contributed by atoms with van der Waals surface area (Å²) in [4.78, 5) is 0. The van der Waals surface area contributed by atoms with Gasteiger partial charge in [0.25, 0.3) is 0 Å². The summed E-state index contributed by atoms with van der Waals surface area (Å²) in [5, 5.41) is 0.646. The second-order valence-corrected chi connectivity index (χ2v) is 5.00. The largest absolute Gasteiger partial charge is 0.486 e. The van der Waals surface area contributed by atoms with Gasteiger partial charge in [0.05, 0.1) is 5.02 Å². The lowest BCUT2D eigenvalue weighted by Gasteiger charge is -2.20. The van der Waals surface area contributed by atoms with Crippen molar-refractivity contribution in [2.24, 2.45) is 5.92 Å². The molecule has 1 aliphatic heterocycles. The van der Waals surface area contributed by atoms with E-state index in [9.17, 15) is 0 Å². The summed E-state index contributed by atoms with van der Waals surface area (Å²) < 4.78 is 11.0. The molecule has 1 aromatic rings. The fourth-order valence-electron chi connectivity index (χ4n) is 2.17. The van der Waals surface area contributed by atoms with E-state index in [2.05, 4.69) is 0 Å². The van der Waals surface area contributed by atoms with E-state index < -0.39 is 0 Å². The fourth-order valence-corrected chi connectivity index (χ4v) is 2.79. The number of fused-ring (bicyclic) bond motifs is 1. The van der Waals surface area contributed by atoms with E-state index in [1.807, 2.05) is 12.1 Å². The normalized spacial score (nSPS) is 26.6. The summed E-state index contributed by atoms with van der Waals surface area (Å²) >= 11 is 12.0. The van der Waals surface area contributed by atoms with Crippen LogP contribution in [-0.4, -0.2) is 19.1 Å². The lowest BCUT2D eigenvalue weighted by atomic mass is 10.1. The molecule has 16 heavy (non-hydrogen) atoms. The highest BCUT2D eigenvalue weighted by Gasteiger charge is 2.38. The van der Waals surface area contributed by atoms with E-state index >= 15 is 0 Å². The molecule has 0 bridgehead atoms. The highest BCUT2D eigenvalue weighted by atomic mass is 35.5. The molecule has 3 rings (SSSR count). The van der Waals surface area contributed by atoms with E-state index in [1.54, 1.807) is 0 Å². The van der Waals surface area contributed by atoms with Crippen LogP contribution >= 0.6 is 23.2 Å². The van der Waals surface area contributed by atoms with Crippen molar-refractivity contribution in [3.05, 3.63) is 22.7 Å². The second kappa shape index (κ2) is 4.01. The van der Waals surface area contributed by atoms with Gasteiger partial charge in [0, 0.05) is 5.88 Å². The molecule has 0 spiro atoms. The topological polar surface area (TPSA) is 18.5 Å². The number of hydrogen-bond donors (Lipinski definition) is 0. The van der Waals surface area contributed by atoms with Gasteiger partial charge in [-0.15, -0.1) is 11.6 Å². The van der Waals surface area contributed by atoms with E-state index in [0.29, 0.717) is 35.8 Å². The van der Waals surface area contributed by atoms with Gasteiger partial charge in [0.2, 0.25) is 0 Å². The third-order valence-corrected chi connectivity index (χ3v) is 3.85. The van der Waals surface area contributed by atoms with E-state index in [0.717, 1.165) is 18.1 Å². The van der Waals surface area contributed by atoms with Gasteiger partial charge in [0.1, 0.15) is 13.2 Å². The van der Waals surface area contributed by atoms with Gasteiger partial charge in [-0.25, -0.2) is 0 Å². The minimum atomic E-state index is 0.547. The lowest BCUT2D eigenvalue weighted by molar-refractivity contribution is 0.171. The van der Waals surface area contributed by atoms with Gasteiger partial charge in [-0.3, -0.25) is 0 Å². The molecule has 1 aliphatic carbocycles. The number of rotatable bonds is 2. The van der Waals surface area contributed by atoms with E-state index in [-0.39, 0.29) is 0 Å². The molecule has 1 fully saturated rings. The first-order valence-corrected chi connectivity index (χ1v) is 6.36. The van der Waals surface area contributed by atoms with Crippen molar-refractivity contribution in [2.45, 2.75) is 12.3 Å². The van der Waals surface area contributed by atoms with Crippen molar-refractivity contribution in [1.29, 1.82) is 0 Å². The minimum Gasteiger partial charge on any atom is -0.486 e. The SMILES string of the molecule is ClCC1CC1c1cc(Cl)c2c(c1)OCCO2. The molecule has 0 amide bonds. The smallest absolute Gasteiger partial charge is 0.179 e. The third kappa shape index (κ3) is 1.74. The minimum absolute atomic E-state index is 0.547. The van der Waals surface area contributed by atoms with E-state index in [1.165, 1.54) is 5.56 Å². The van der Waals surface area contributed by atoms with Crippen LogP contribution in [0, 0.1) is 5.92 Å². The summed E-state index contributed by atoms with van der Waals surface area (Å²) in [6, 6.07) is 4.02. The van der Waals surface area contributed by atoms with Crippen molar-refractivity contribution < 1.29 is 9.47 Å². The average molecular weight is 259 g/mol. The van der Waals surface area contributed by atoms with Crippen LogP contribution in [0.5, 0.6) is 11.5 Å². The Kier molecular flexibility index (Phi) is 2.64. The molecule has 2 nitrogen and oxygen atoms in total. The van der Waals surface area contributed by atoms with Crippen molar-refractivity contribution in [1.82, 2.24) is 0 Å². The van der Waals surface area contributed by atoms with Crippen molar-refractivity contribution in [3.8, 4) is 11.5 Å². The first-order valence-electron chi connectivity index (χ1n) is 5.44. The molecule has 0 aromatic heterocycles. The molecule has 2 unspecified atom stereocenters. The number of ether oxygens (including phenoxy) is 2. The zero-order valence-electron chi connectivity index (χ0n) is 8.71. The number of benzene rings is 1. The Labute approximate surface area is 104 Å². The maximum absolute atomic E-state index is 6.17. The zero-order valence-corrected chi connectivity index (χ0v) is 10.2. The maximum Gasteiger partial charge on any atom is 0.179 e. The van der Waals surface area contributed by atoms with Gasteiger partial charge >= 0.3 is 0 Å². The Balaban J connectivity index is 1.93. The number of halogens is 2. The molecule has 2 aliphatic rings. The van der Waals surface area contributed by atoms with Crippen LogP contribution in [-0.2, 0) is 0 Å². The first-order chi connectivity index (χ1) is 7.79. The van der Waals surface area contributed by atoms with Crippen LogP contribution in [0.1, 0.15) is 17.9 Å².